The molecular formula is C16H17F9O2. The predicted octanol–water partition coefficient (Wildman–Crippen LogP) is 5.76. The van der Waals surface area contributed by atoms with Crippen LogP contribution in [0.4, 0.5) is 39.5 Å². The van der Waals surface area contributed by atoms with Gasteiger partial charge in [0.15, 0.2) is 0 Å². The van der Waals surface area contributed by atoms with Gasteiger partial charge in [0.1, 0.15) is 5.75 Å². The lowest BCUT2D eigenvalue weighted by molar-refractivity contribution is -0.398. The Morgan fingerprint density at radius 1 is 0.889 bits per heavy atom. The van der Waals surface area contributed by atoms with Crippen LogP contribution >= 0.6 is 0 Å². The number of halogens is 9. The summed E-state index contributed by atoms with van der Waals surface area (Å²) in [7, 11) is 0. The van der Waals surface area contributed by atoms with E-state index in [0.717, 1.165) is 12.1 Å². The minimum absolute atomic E-state index is 0.201. The molecule has 0 aromatic heterocycles. The fourth-order valence-electron chi connectivity index (χ4n) is 1.98. The van der Waals surface area contributed by atoms with Crippen LogP contribution in [0.5, 0.6) is 5.75 Å². The van der Waals surface area contributed by atoms with Crippen LogP contribution in [0.2, 0.25) is 0 Å². The Hall–Kier alpha value is -1.65. The zero-order valence-electron chi connectivity index (χ0n) is 14.1. The lowest BCUT2D eigenvalue weighted by atomic mass is 9.95. The highest BCUT2D eigenvalue weighted by molar-refractivity contribution is 5.29. The van der Waals surface area contributed by atoms with Crippen molar-refractivity contribution in [3.05, 3.63) is 29.8 Å². The van der Waals surface area contributed by atoms with Crippen molar-refractivity contribution in [1.29, 1.82) is 0 Å². The number of hydrogen-bond donors (Lipinski definition) is 1. The van der Waals surface area contributed by atoms with E-state index in [-0.39, 0.29) is 17.4 Å². The molecule has 0 aliphatic carbocycles. The molecule has 0 amide bonds. The van der Waals surface area contributed by atoms with Crippen LogP contribution in [-0.4, -0.2) is 35.2 Å². The number of ether oxygens (including phenoxy) is 1. The fourth-order valence-corrected chi connectivity index (χ4v) is 1.98. The van der Waals surface area contributed by atoms with Gasteiger partial charge in [0.25, 0.3) is 0 Å². The molecule has 2 unspecified atom stereocenters. The summed E-state index contributed by atoms with van der Waals surface area (Å²) in [5.41, 5.74) is -0.377. The molecule has 1 aromatic rings. The van der Waals surface area contributed by atoms with E-state index < -0.39 is 36.5 Å². The van der Waals surface area contributed by atoms with Crippen molar-refractivity contribution in [3.8, 4) is 5.75 Å². The maximum absolute atomic E-state index is 13.5. The molecule has 0 spiro atoms. The van der Waals surface area contributed by atoms with E-state index in [1.54, 1.807) is 6.92 Å². The van der Waals surface area contributed by atoms with E-state index in [4.69, 9.17) is 4.74 Å². The number of aliphatic hydroxyl groups is 1. The fraction of sp³-hybridized carbons (Fsp3) is 0.625. The van der Waals surface area contributed by atoms with Crippen LogP contribution in [0.3, 0.4) is 0 Å². The first-order valence-corrected chi connectivity index (χ1v) is 7.71. The summed E-state index contributed by atoms with van der Waals surface area (Å²) in [6.45, 7) is 3.55. The Balaban J connectivity index is 2.98. The van der Waals surface area contributed by atoms with Crippen molar-refractivity contribution < 1.29 is 49.4 Å². The summed E-state index contributed by atoms with van der Waals surface area (Å²) < 4.78 is 121. The van der Waals surface area contributed by atoms with Crippen LogP contribution in [0.1, 0.15) is 38.4 Å². The molecule has 0 bridgehead atoms. The Labute approximate surface area is 148 Å². The van der Waals surface area contributed by atoms with Crippen LogP contribution in [0, 0.1) is 0 Å². The lowest BCUT2D eigenvalue weighted by Gasteiger charge is -2.34. The third kappa shape index (κ3) is 4.80. The van der Waals surface area contributed by atoms with Gasteiger partial charge in [-0.05, 0) is 31.0 Å². The number of benzene rings is 1. The molecule has 0 radical (unpaired) electrons. The smallest absolute Gasteiger partial charge is 0.460 e. The second-order valence-corrected chi connectivity index (χ2v) is 5.98. The molecule has 0 aliphatic heterocycles. The minimum Gasteiger partial charge on any atom is -0.491 e. The van der Waals surface area contributed by atoms with Crippen molar-refractivity contribution >= 4 is 0 Å². The van der Waals surface area contributed by atoms with Crippen molar-refractivity contribution in [2.75, 3.05) is 0 Å². The Morgan fingerprint density at radius 3 is 1.78 bits per heavy atom. The first-order chi connectivity index (χ1) is 12.1. The highest BCUT2D eigenvalue weighted by Gasteiger charge is 2.81. The third-order valence-electron chi connectivity index (χ3n) is 3.84. The van der Waals surface area contributed by atoms with E-state index >= 15 is 0 Å². The number of alkyl halides is 9. The molecule has 27 heavy (non-hydrogen) atoms. The van der Waals surface area contributed by atoms with Crippen LogP contribution < -0.4 is 4.74 Å². The van der Waals surface area contributed by atoms with E-state index in [0.29, 0.717) is 6.42 Å². The summed E-state index contributed by atoms with van der Waals surface area (Å²) in [4.78, 5) is 0. The summed E-state index contributed by atoms with van der Waals surface area (Å²) in [5, 5.41) is 9.63. The molecule has 2 nitrogen and oxygen atoms in total. The number of hydrogen-bond acceptors (Lipinski definition) is 2. The minimum atomic E-state index is -6.97. The van der Waals surface area contributed by atoms with E-state index in [1.807, 2.05) is 6.92 Å². The normalized spacial score (nSPS) is 16.1. The molecule has 2 atom stereocenters. The summed E-state index contributed by atoms with van der Waals surface area (Å²) in [6, 6.07) is 4.45. The highest BCUT2D eigenvalue weighted by Crippen LogP contribution is 2.55. The Bertz CT molecular complexity index is 611. The third-order valence-corrected chi connectivity index (χ3v) is 3.84. The van der Waals surface area contributed by atoms with Gasteiger partial charge in [-0.1, -0.05) is 19.1 Å². The predicted molar refractivity (Wildman–Crippen MR) is 77.3 cm³/mol. The van der Waals surface area contributed by atoms with Crippen molar-refractivity contribution in [3.63, 3.8) is 0 Å². The highest BCUT2D eigenvalue weighted by atomic mass is 19.4. The van der Waals surface area contributed by atoms with E-state index in [2.05, 4.69) is 0 Å². The second kappa shape index (κ2) is 7.76. The van der Waals surface area contributed by atoms with Gasteiger partial charge in [-0.3, -0.25) is 0 Å². The van der Waals surface area contributed by atoms with Gasteiger partial charge in [-0.2, -0.15) is 39.5 Å². The van der Waals surface area contributed by atoms with Gasteiger partial charge in [-0.25, -0.2) is 0 Å². The molecular weight excluding hydrogens is 395 g/mol. The lowest BCUT2D eigenvalue weighted by Crippen LogP contribution is -2.61. The molecule has 0 heterocycles. The quantitative estimate of drug-likeness (QED) is 0.551. The van der Waals surface area contributed by atoms with Gasteiger partial charge >= 0.3 is 23.9 Å². The number of rotatable bonds is 8. The summed E-state index contributed by atoms with van der Waals surface area (Å²) >= 11 is 0. The maximum atomic E-state index is 13.5. The zero-order chi connectivity index (χ0) is 21.3. The average molecular weight is 412 g/mol. The molecule has 1 N–H and O–H groups in total. The summed E-state index contributed by atoms with van der Waals surface area (Å²) in [5.74, 6) is -19.3. The van der Waals surface area contributed by atoms with E-state index in [9.17, 15) is 44.6 Å². The molecule has 156 valence electrons. The maximum Gasteiger partial charge on any atom is 0.460 e. The SMILES string of the molecule is CCC(C)Oc1ccc(C(O)CC(F)(F)C(F)(F)C(F)(F)C(F)(F)F)cc1. The van der Waals surface area contributed by atoms with Gasteiger partial charge in [-0.15, -0.1) is 0 Å². The molecule has 1 rings (SSSR count). The topological polar surface area (TPSA) is 29.5 Å². The largest absolute Gasteiger partial charge is 0.491 e. The van der Waals surface area contributed by atoms with Crippen molar-refractivity contribution in [2.45, 2.75) is 62.8 Å². The first kappa shape index (κ1) is 23.4. The van der Waals surface area contributed by atoms with E-state index in [1.165, 1.54) is 12.1 Å². The molecule has 1 aromatic carbocycles. The van der Waals surface area contributed by atoms with Crippen LogP contribution in [0.25, 0.3) is 0 Å². The zero-order valence-corrected chi connectivity index (χ0v) is 14.1. The monoisotopic (exact) mass is 412 g/mol. The van der Waals surface area contributed by atoms with Crippen LogP contribution in [0.15, 0.2) is 24.3 Å². The molecule has 0 saturated heterocycles. The second-order valence-electron chi connectivity index (χ2n) is 5.98. The molecule has 11 heteroatoms. The molecule has 0 saturated carbocycles. The van der Waals surface area contributed by atoms with Gasteiger partial charge < -0.3 is 9.84 Å². The summed E-state index contributed by atoms with van der Waals surface area (Å²) in [6.07, 6.45) is -11.2. The van der Waals surface area contributed by atoms with Gasteiger partial charge in [0, 0.05) is 6.42 Å². The first-order valence-electron chi connectivity index (χ1n) is 7.71. The standard InChI is InChI=1S/C16H17F9O2/c1-3-9(2)27-11-6-4-10(5-7-11)12(26)8-13(17,18)14(19,20)15(21,22)16(23,24)25/h4-7,9,12,26H,3,8H2,1-2H3. The van der Waals surface area contributed by atoms with Crippen molar-refractivity contribution in [2.24, 2.45) is 0 Å². The van der Waals surface area contributed by atoms with Gasteiger partial charge in [0.2, 0.25) is 0 Å². The molecule has 0 aliphatic rings. The number of aliphatic hydroxyl groups excluding tert-OH is 1. The Kier molecular flexibility index (Phi) is 6.73. The average Bonchev–Trinajstić information content (AvgIpc) is 2.53. The molecule has 0 fully saturated rings. The van der Waals surface area contributed by atoms with Gasteiger partial charge in [0.05, 0.1) is 12.2 Å². The van der Waals surface area contributed by atoms with Crippen LogP contribution in [-0.2, 0) is 0 Å². The Morgan fingerprint density at radius 2 is 1.37 bits per heavy atom. The van der Waals surface area contributed by atoms with Crippen molar-refractivity contribution in [1.82, 2.24) is 0 Å².